The van der Waals surface area contributed by atoms with Gasteiger partial charge in [0, 0.05) is 0 Å². The summed E-state index contributed by atoms with van der Waals surface area (Å²) < 4.78 is 78.3. The smallest absolute Gasteiger partial charge is 0.417 e. The molecule has 0 unspecified atom stereocenters. The molecule has 0 aromatic heterocycles. The van der Waals surface area contributed by atoms with Gasteiger partial charge in [0.15, 0.2) is 0 Å². The Morgan fingerprint density at radius 2 is 1.57 bits per heavy atom. The quantitative estimate of drug-likeness (QED) is 0.780. The summed E-state index contributed by atoms with van der Waals surface area (Å²) in [7, 11) is 0. The lowest BCUT2D eigenvalue weighted by Crippen LogP contribution is -2.55. The zero-order chi connectivity index (χ0) is 16.4. The van der Waals surface area contributed by atoms with Crippen molar-refractivity contribution >= 4 is 6.09 Å². The minimum atomic E-state index is -5.62. The molecule has 0 aliphatic heterocycles. The van der Waals surface area contributed by atoms with Gasteiger partial charge < -0.3 is 10.1 Å². The zero-order valence-corrected chi connectivity index (χ0v) is 11.5. The van der Waals surface area contributed by atoms with Gasteiger partial charge in [-0.1, -0.05) is 13.8 Å². The highest BCUT2D eigenvalue weighted by molar-refractivity contribution is 5.68. The Kier molecular flexibility index (Phi) is 5.38. The number of carbonyl (C=O) groups excluding carboxylic acids is 1. The highest BCUT2D eigenvalue weighted by Crippen LogP contribution is 2.34. The first-order valence-corrected chi connectivity index (χ1v) is 6.51. The largest absolute Gasteiger partial charge is 0.446 e. The van der Waals surface area contributed by atoms with Crippen molar-refractivity contribution in [3.63, 3.8) is 0 Å². The van der Waals surface area contributed by atoms with Gasteiger partial charge in [-0.15, -0.1) is 0 Å². The number of nitrogens with one attached hydrogen (secondary N) is 1. The highest BCUT2D eigenvalue weighted by atomic mass is 19.4. The molecule has 1 amide bonds. The SMILES string of the molecule is C[C@@H]1CC[C@H](OC(=O)NC(C(F)(F)F)C(F)(F)F)C[C@@H]1C. The van der Waals surface area contributed by atoms with Crippen molar-refractivity contribution in [2.45, 2.75) is 57.6 Å². The maximum Gasteiger partial charge on any atom is 0.417 e. The first-order valence-electron chi connectivity index (χ1n) is 6.51. The summed E-state index contributed by atoms with van der Waals surface area (Å²) in [5, 5.41) is 0.859. The third kappa shape index (κ3) is 5.28. The molecule has 1 fully saturated rings. The molecule has 9 heteroatoms. The second kappa shape index (κ2) is 6.31. The molecule has 0 spiro atoms. The average Bonchev–Trinajstić information content (AvgIpc) is 2.28. The Morgan fingerprint density at radius 3 is 2.00 bits per heavy atom. The number of alkyl halides is 6. The van der Waals surface area contributed by atoms with Crippen LogP contribution in [0, 0.1) is 11.8 Å². The Morgan fingerprint density at radius 1 is 1.05 bits per heavy atom. The van der Waals surface area contributed by atoms with Crippen LogP contribution < -0.4 is 5.32 Å². The van der Waals surface area contributed by atoms with Crippen molar-refractivity contribution in [3.05, 3.63) is 0 Å². The van der Waals surface area contributed by atoms with E-state index in [9.17, 15) is 31.1 Å². The predicted molar refractivity (Wildman–Crippen MR) is 61.5 cm³/mol. The summed E-state index contributed by atoms with van der Waals surface area (Å²) in [6, 6.07) is -3.92. The fourth-order valence-corrected chi connectivity index (χ4v) is 2.26. The summed E-state index contributed by atoms with van der Waals surface area (Å²) in [6.45, 7) is 3.89. The minimum Gasteiger partial charge on any atom is -0.446 e. The van der Waals surface area contributed by atoms with Gasteiger partial charge in [0.2, 0.25) is 6.04 Å². The van der Waals surface area contributed by atoms with Crippen molar-refractivity contribution in [2.24, 2.45) is 11.8 Å². The zero-order valence-electron chi connectivity index (χ0n) is 11.5. The van der Waals surface area contributed by atoms with Crippen molar-refractivity contribution in [1.82, 2.24) is 5.32 Å². The fourth-order valence-electron chi connectivity index (χ4n) is 2.26. The van der Waals surface area contributed by atoms with Gasteiger partial charge in [-0.25, -0.2) is 4.79 Å². The highest BCUT2D eigenvalue weighted by Gasteiger charge is 2.58. The van der Waals surface area contributed by atoms with E-state index in [1.54, 1.807) is 0 Å². The van der Waals surface area contributed by atoms with Crippen molar-refractivity contribution in [3.8, 4) is 0 Å². The van der Waals surface area contributed by atoms with E-state index in [1.165, 1.54) is 0 Å². The Hall–Kier alpha value is -1.15. The summed E-state index contributed by atoms with van der Waals surface area (Å²) in [6.07, 6.45) is -12.0. The molecule has 21 heavy (non-hydrogen) atoms. The maximum atomic E-state index is 12.3. The molecular weight excluding hydrogens is 304 g/mol. The number of rotatable bonds is 2. The average molecular weight is 321 g/mol. The van der Waals surface area contributed by atoms with E-state index >= 15 is 0 Å². The van der Waals surface area contributed by atoms with Crippen molar-refractivity contribution in [1.29, 1.82) is 0 Å². The molecule has 3 atom stereocenters. The molecular formula is C12H17F6NO2. The molecule has 0 bridgehead atoms. The fraction of sp³-hybridized carbons (Fsp3) is 0.917. The lowest BCUT2D eigenvalue weighted by Gasteiger charge is -2.32. The number of carbonyl (C=O) groups is 1. The molecule has 1 rings (SSSR count). The monoisotopic (exact) mass is 321 g/mol. The lowest BCUT2D eigenvalue weighted by atomic mass is 9.80. The van der Waals surface area contributed by atoms with E-state index in [0.29, 0.717) is 25.2 Å². The van der Waals surface area contributed by atoms with Gasteiger partial charge in [-0.3, -0.25) is 0 Å². The molecule has 1 aliphatic rings. The number of hydrogen-bond acceptors (Lipinski definition) is 2. The first-order chi connectivity index (χ1) is 9.41. The number of amides is 1. The van der Waals surface area contributed by atoms with Crippen LogP contribution >= 0.6 is 0 Å². The Labute approximate surface area is 118 Å². The molecule has 0 saturated heterocycles. The van der Waals surface area contributed by atoms with Gasteiger partial charge in [-0.05, 0) is 31.1 Å². The molecule has 0 radical (unpaired) electrons. The molecule has 0 heterocycles. The van der Waals surface area contributed by atoms with Crippen molar-refractivity contribution in [2.75, 3.05) is 0 Å². The van der Waals surface area contributed by atoms with Gasteiger partial charge in [0.1, 0.15) is 6.10 Å². The Balaban J connectivity index is 2.59. The molecule has 1 aliphatic carbocycles. The number of hydrogen-bond donors (Lipinski definition) is 1. The van der Waals surface area contributed by atoms with Crippen LogP contribution in [0.4, 0.5) is 31.1 Å². The second-order valence-electron chi connectivity index (χ2n) is 5.46. The summed E-state index contributed by atoms with van der Waals surface area (Å²) in [4.78, 5) is 11.3. The van der Waals surface area contributed by atoms with Crippen LogP contribution in [0.1, 0.15) is 33.1 Å². The van der Waals surface area contributed by atoms with Crippen molar-refractivity contribution < 1.29 is 35.9 Å². The van der Waals surface area contributed by atoms with Crippen LogP contribution in [-0.2, 0) is 4.74 Å². The van der Waals surface area contributed by atoms with Gasteiger partial charge in [0.05, 0.1) is 0 Å². The number of ether oxygens (including phenoxy) is 1. The first kappa shape index (κ1) is 17.9. The predicted octanol–water partition coefficient (Wildman–Crippen LogP) is 4.03. The van der Waals surface area contributed by atoms with Crippen LogP contribution in [0.2, 0.25) is 0 Å². The topological polar surface area (TPSA) is 38.3 Å². The van der Waals surface area contributed by atoms with E-state index in [1.807, 2.05) is 13.8 Å². The summed E-state index contributed by atoms with van der Waals surface area (Å²) in [5.41, 5.74) is 0. The standard InChI is InChI=1S/C12H17F6NO2/c1-6-3-4-8(5-7(6)2)21-10(20)19-9(11(13,14)15)12(16,17)18/h6-9H,3-5H2,1-2H3,(H,19,20)/t6-,7+,8+/m1/s1. The number of alkyl carbamates (subject to hydrolysis) is 1. The molecule has 1 saturated carbocycles. The molecule has 1 N–H and O–H groups in total. The normalized spacial score (nSPS) is 27.6. The van der Waals surface area contributed by atoms with Crippen LogP contribution in [0.15, 0.2) is 0 Å². The van der Waals surface area contributed by atoms with Gasteiger partial charge in [0.25, 0.3) is 0 Å². The Bertz CT molecular complexity index is 354. The third-order valence-corrected chi connectivity index (χ3v) is 3.74. The maximum absolute atomic E-state index is 12.3. The minimum absolute atomic E-state index is 0.192. The van der Waals surface area contributed by atoms with Gasteiger partial charge in [-0.2, -0.15) is 26.3 Å². The second-order valence-corrected chi connectivity index (χ2v) is 5.46. The molecule has 124 valence electrons. The van der Waals surface area contributed by atoms with Crippen LogP contribution in [-0.4, -0.2) is 30.6 Å². The van der Waals surface area contributed by atoms with Crippen LogP contribution in [0.5, 0.6) is 0 Å². The van der Waals surface area contributed by atoms with E-state index in [2.05, 4.69) is 4.74 Å². The summed E-state index contributed by atoms with van der Waals surface area (Å²) >= 11 is 0. The summed E-state index contributed by atoms with van der Waals surface area (Å²) in [5.74, 6) is 0.573. The third-order valence-electron chi connectivity index (χ3n) is 3.74. The number of halogens is 6. The van der Waals surface area contributed by atoms with Gasteiger partial charge >= 0.3 is 18.4 Å². The van der Waals surface area contributed by atoms with E-state index in [0.717, 1.165) is 5.32 Å². The van der Waals surface area contributed by atoms with Crippen LogP contribution in [0.3, 0.4) is 0 Å². The molecule has 3 nitrogen and oxygen atoms in total. The lowest BCUT2D eigenvalue weighted by molar-refractivity contribution is -0.256. The molecule has 0 aromatic rings. The van der Waals surface area contributed by atoms with E-state index in [4.69, 9.17) is 0 Å². The van der Waals surface area contributed by atoms with Crippen LogP contribution in [0.25, 0.3) is 0 Å². The molecule has 0 aromatic carbocycles. The van der Waals surface area contributed by atoms with E-state index < -0.39 is 30.6 Å². The van der Waals surface area contributed by atoms with E-state index in [-0.39, 0.29) is 5.92 Å².